The maximum absolute atomic E-state index is 13.7. The van der Waals surface area contributed by atoms with Gasteiger partial charge in [-0.15, -0.1) is 0 Å². The minimum atomic E-state index is -4.46. The molecule has 3 aromatic rings. The number of aliphatic hydroxyl groups is 1. The summed E-state index contributed by atoms with van der Waals surface area (Å²) in [6.45, 7) is -1.23. The summed E-state index contributed by atoms with van der Waals surface area (Å²) in [6.07, 6.45) is 0.640. The van der Waals surface area contributed by atoms with Gasteiger partial charge in [0.05, 0.1) is 29.0 Å². The smallest absolute Gasteiger partial charge is 0.422 e. The van der Waals surface area contributed by atoms with Crippen molar-refractivity contribution in [3.8, 4) is 17.6 Å². The van der Waals surface area contributed by atoms with Crippen molar-refractivity contribution >= 4 is 11.8 Å². The lowest BCUT2D eigenvalue weighted by Crippen LogP contribution is -2.50. The summed E-state index contributed by atoms with van der Waals surface area (Å²) in [4.78, 5) is 31.6. The zero-order valence-electron chi connectivity index (χ0n) is 22.4. The number of amides is 2. The summed E-state index contributed by atoms with van der Waals surface area (Å²) >= 11 is 0. The van der Waals surface area contributed by atoms with Gasteiger partial charge in [0.15, 0.2) is 12.4 Å². The molecule has 2 aromatic heterocycles. The number of alkyl halides is 3. The van der Waals surface area contributed by atoms with Crippen molar-refractivity contribution in [2.24, 2.45) is 5.41 Å². The molecule has 0 radical (unpaired) electrons. The van der Waals surface area contributed by atoms with Gasteiger partial charge in [0.25, 0.3) is 11.8 Å². The van der Waals surface area contributed by atoms with Crippen LogP contribution >= 0.6 is 0 Å². The lowest BCUT2D eigenvalue weighted by Gasteiger charge is -2.40. The van der Waals surface area contributed by atoms with Crippen LogP contribution < -0.4 is 15.4 Å². The highest BCUT2D eigenvalue weighted by Gasteiger charge is 2.47. The number of nitrogens with zero attached hydrogens (tertiary/aromatic N) is 4. The van der Waals surface area contributed by atoms with Crippen molar-refractivity contribution in [1.82, 2.24) is 25.4 Å². The molecule has 2 amide bonds. The fourth-order valence-corrected chi connectivity index (χ4v) is 6.10. The first-order valence-corrected chi connectivity index (χ1v) is 13.6. The Bertz CT molecular complexity index is 1600. The highest BCUT2D eigenvalue weighted by molar-refractivity contribution is 6.08. The van der Waals surface area contributed by atoms with E-state index in [2.05, 4.69) is 20.7 Å². The van der Waals surface area contributed by atoms with Crippen molar-refractivity contribution in [2.75, 3.05) is 19.8 Å². The number of hydrogen-bond donors (Lipinski definition) is 3. The van der Waals surface area contributed by atoms with Gasteiger partial charge in [-0.1, -0.05) is 12.5 Å². The van der Waals surface area contributed by atoms with Gasteiger partial charge in [-0.05, 0) is 61.1 Å². The van der Waals surface area contributed by atoms with Crippen LogP contribution in [0.25, 0.3) is 5.82 Å². The third-order valence-corrected chi connectivity index (χ3v) is 8.51. The predicted octanol–water partition coefficient (Wildman–Crippen LogP) is 3.10. The molecule has 6 rings (SSSR count). The highest BCUT2D eigenvalue weighted by Crippen LogP contribution is 2.44. The number of halogens is 3. The maximum Gasteiger partial charge on any atom is 0.422 e. The number of benzene rings is 1. The Kier molecular flexibility index (Phi) is 6.68. The topological polar surface area (TPSA) is 142 Å². The normalized spacial score (nSPS) is 20.2. The average molecular weight is 581 g/mol. The first kappa shape index (κ1) is 27.7. The number of pyridine rings is 1. The molecule has 3 heterocycles. The number of aromatic nitrogens is 3. The first-order valence-electron chi connectivity index (χ1n) is 13.6. The fourth-order valence-electron chi connectivity index (χ4n) is 6.10. The number of nitrogens with one attached hydrogen (secondary N) is 2. The van der Waals surface area contributed by atoms with Gasteiger partial charge in [-0.2, -0.15) is 23.5 Å². The molecule has 1 fully saturated rings. The highest BCUT2D eigenvalue weighted by atomic mass is 19.4. The minimum Gasteiger partial charge on any atom is -0.484 e. The molecule has 13 heteroatoms. The molecule has 1 spiro atoms. The van der Waals surface area contributed by atoms with Gasteiger partial charge in [0.1, 0.15) is 17.5 Å². The molecule has 42 heavy (non-hydrogen) atoms. The van der Waals surface area contributed by atoms with Crippen LogP contribution in [0.15, 0.2) is 36.5 Å². The molecule has 0 unspecified atom stereocenters. The summed E-state index contributed by atoms with van der Waals surface area (Å²) in [5.74, 6) is -0.714. The summed E-state index contributed by atoms with van der Waals surface area (Å²) < 4.78 is 44.1. The molecule has 1 atom stereocenters. The molecule has 3 aliphatic rings. The molecule has 1 aromatic carbocycles. The Morgan fingerprint density at radius 3 is 2.69 bits per heavy atom. The average Bonchev–Trinajstić information content (AvgIpc) is 3.50. The Hall–Kier alpha value is -4.44. The number of nitriles is 1. The molecule has 1 saturated carbocycles. The van der Waals surface area contributed by atoms with Crippen molar-refractivity contribution in [3.63, 3.8) is 0 Å². The van der Waals surface area contributed by atoms with Crippen LogP contribution in [0.4, 0.5) is 13.2 Å². The number of rotatable bonds is 7. The number of aliphatic hydroxyl groups excluding tert-OH is 1. The third-order valence-electron chi connectivity index (χ3n) is 8.51. The third kappa shape index (κ3) is 4.85. The van der Waals surface area contributed by atoms with Gasteiger partial charge in [0, 0.05) is 24.6 Å². The van der Waals surface area contributed by atoms with Gasteiger partial charge in [-0.3, -0.25) is 9.59 Å². The molecule has 2 aliphatic carbocycles. The van der Waals surface area contributed by atoms with Crippen LogP contribution in [0, 0.1) is 16.7 Å². The van der Waals surface area contributed by atoms with E-state index in [9.17, 15) is 33.1 Å². The predicted molar refractivity (Wildman–Crippen MR) is 141 cm³/mol. The maximum atomic E-state index is 13.7. The van der Waals surface area contributed by atoms with Crippen molar-refractivity contribution in [3.05, 3.63) is 70.2 Å². The molecule has 0 bridgehead atoms. The molecule has 1 aliphatic heterocycles. The molecule has 10 nitrogen and oxygen atoms in total. The van der Waals surface area contributed by atoms with Crippen LogP contribution in [0.1, 0.15) is 68.9 Å². The Morgan fingerprint density at radius 2 is 2.05 bits per heavy atom. The number of ether oxygens (including phenoxy) is 1. The van der Waals surface area contributed by atoms with Crippen molar-refractivity contribution in [2.45, 2.75) is 50.2 Å². The van der Waals surface area contributed by atoms with Crippen LogP contribution in [0.2, 0.25) is 0 Å². The SMILES string of the molecule is N#Cc1ccc(-n2nc3c(c2C(=O)NCC2(CO)CCC2)C(=O)N[C@@]2(CCc4cc(OCC(F)(F)F)ccc42)C3)nc1. The van der Waals surface area contributed by atoms with Crippen LogP contribution in [0.3, 0.4) is 0 Å². The summed E-state index contributed by atoms with van der Waals surface area (Å²) in [5.41, 5.74) is 1.06. The van der Waals surface area contributed by atoms with Gasteiger partial charge in [0.2, 0.25) is 0 Å². The van der Waals surface area contributed by atoms with Crippen LogP contribution in [0.5, 0.6) is 5.75 Å². The molecule has 3 N–H and O–H groups in total. The van der Waals surface area contributed by atoms with E-state index in [1.54, 1.807) is 12.1 Å². The summed E-state index contributed by atoms with van der Waals surface area (Å²) in [5, 5.41) is 29.6. The van der Waals surface area contributed by atoms with Crippen molar-refractivity contribution in [1.29, 1.82) is 5.26 Å². The van der Waals surface area contributed by atoms with E-state index >= 15 is 0 Å². The second-order valence-corrected chi connectivity index (χ2v) is 11.2. The van der Waals surface area contributed by atoms with Crippen LogP contribution in [-0.4, -0.2) is 57.6 Å². The Morgan fingerprint density at radius 1 is 1.24 bits per heavy atom. The van der Waals surface area contributed by atoms with E-state index in [1.807, 2.05) is 6.07 Å². The lowest BCUT2D eigenvalue weighted by molar-refractivity contribution is -0.153. The number of carbonyl (C=O) groups excluding carboxylic acids is 2. The molecule has 0 saturated heterocycles. The quantitative estimate of drug-likeness (QED) is 0.390. The first-order chi connectivity index (χ1) is 20.1. The number of hydrogen-bond acceptors (Lipinski definition) is 7. The number of fused-ring (bicyclic) bond motifs is 3. The zero-order valence-corrected chi connectivity index (χ0v) is 22.4. The number of carbonyl (C=O) groups is 2. The molecular formula is C29H27F3N6O4. The fraction of sp³-hybridized carbons (Fsp3) is 0.414. The number of aryl methyl sites for hydroxylation is 1. The van der Waals surface area contributed by atoms with Gasteiger partial charge < -0.3 is 20.5 Å². The molecule has 218 valence electrons. The second-order valence-electron chi connectivity index (χ2n) is 11.2. The van der Waals surface area contributed by atoms with E-state index in [4.69, 9.17) is 4.74 Å². The van der Waals surface area contributed by atoms with E-state index in [1.165, 1.54) is 29.1 Å². The van der Waals surface area contributed by atoms with E-state index in [0.29, 0.717) is 24.1 Å². The van der Waals surface area contributed by atoms with Crippen LogP contribution in [-0.2, 0) is 18.4 Å². The Balaban J connectivity index is 1.35. The van der Waals surface area contributed by atoms with Gasteiger partial charge in [-0.25, -0.2) is 9.67 Å². The molecular weight excluding hydrogens is 553 g/mol. The zero-order chi connectivity index (χ0) is 29.7. The monoisotopic (exact) mass is 580 g/mol. The van der Waals surface area contributed by atoms with E-state index in [-0.39, 0.29) is 42.4 Å². The van der Waals surface area contributed by atoms with Crippen molar-refractivity contribution < 1.29 is 32.6 Å². The van der Waals surface area contributed by atoms with E-state index in [0.717, 1.165) is 30.4 Å². The second kappa shape index (κ2) is 10.1. The Labute approximate surface area is 238 Å². The van der Waals surface area contributed by atoms with Gasteiger partial charge >= 0.3 is 6.18 Å². The van der Waals surface area contributed by atoms with E-state index < -0.39 is 35.6 Å². The summed E-state index contributed by atoms with van der Waals surface area (Å²) in [7, 11) is 0. The minimum absolute atomic E-state index is 0.00362. The summed E-state index contributed by atoms with van der Waals surface area (Å²) in [6, 6.07) is 9.75. The largest absolute Gasteiger partial charge is 0.484 e. The lowest BCUT2D eigenvalue weighted by atomic mass is 9.69. The standard InChI is InChI=1S/C29H27F3N6O4/c30-29(31,32)16-42-19-3-4-20-18(10-19)6-9-28(20)11-21-23(25(40)36-28)24(26(41)35-14-27(15-39)7-1-8-27)38(37-21)22-5-2-17(12-33)13-34-22/h2-5,10,13,39H,1,6-9,11,14-16H2,(H,35,41)(H,36,40)/t28-/m0/s1.